The minimum atomic E-state index is 0.485. The first-order valence-corrected chi connectivity index (χ1v) is 8.05. The molecule has 0 amide bonds. The van der Waals surface area contributed by atoms with Crippen molar-refractivity contribution in [2.45, 2.75) is 6.92 Å². The molecule has 2 aromatic rings. The summed E-state index contributed by atoms with van der Waals surface area (Å²) in [7, 11) is 2.11. The SMILES string of the molecule is Cc1nc(N2CCN(C)CC2)c(C#N)c(=S)n1-c1ccccc1. The average molecular weight is 325 g/mol. The van der Waals surface area contributed by atoms with Crippen molar-refractivity contribution >= 4 is 18.0 Å². The summed E-state index contributed by atoms with van der Waals surface area (Å²) >= 11 is 5.60. The highest BCUT2D eigenvalue weighted by molar-refractivity contribution is 7.71. The van der Waals surface area contributed by atoms with Gasteiger partial charge in [-0.25, -0.2) is 4.98 Å². The first kappa shape index (κ1) is 15.7. The smallest absolute Gasteiger partial charge is 0.151 e. The van der Waals surface area contributed by atoms with E-state index < -0.39 is 0 Å². The number of anilines is 1. The molecule has 1 aromatic heterocycles. The Hall–Kier alpha value is -2.23. The minimum Gasteiger partial charge on any atom is -0.353 e. The first-order chi connectivity index (χ1) is 11.1. The van der Waals surface area contributed by atoms with E-state index in [4.69, 9.17) is 17.2 Å². The summed E-state index contributed by atoms with van der Waals surface area (Å²) in [6.07, 6.45) is 0. The highest BCUT2D eigenvalue weighted by Gasteiger charge is 2.21. The molecule has 0 bridgehead atoms. The summed E-state index contributed by atoms with van der Waals surface area (Å²) in [5.74, 6) is 1.52. The standard InChI is InChI=1S/C17H19N5S/c1-13-19-16(21-10-8-20(2)9-11-21)15(12-18)17(23)22(13)14-6-4-3-5-7-14/h3-7H,8-11H2,1-2H3. The van der Waals surface area contributed by atoms with Crippen molar-refractivity contribution in [3.63, 3.8) is 0 Å². The van der Waals surface area contributed by atoms with Crippen LogP contribution in [0.1, 0.15) is 11.4 Å². The fraction of sp³-hybridized carbons (Fsp3) is 0.353. The third-order valence-electron chi connectivity index (χ3n) is 4.16. The van der Waals surface area contributed by atoms with Gasteiger partial charge in [0, 0.05) is 31.9 Å². The molecule has 118 valence electrons. The maximum absolute atomic E-state index is 9.64. The van der Waals surface area contributed by atoms with Gasteiger partial charge in [-0.3, -0.25) is 4.57 Å². The summed E-state index contributed by atoms with van der Waals surface area (Å²) in [5.41, 5.74) is 1.42. The second-order valence-electron chi connectivity index (χ2n) is 5.74. The highest BCUT2D eigenvalue weighted by atomic mass is 32.1. The number of nitriles is 1. The minimum absolute atomic E-state index is 0.485. The molecule has 1 aliphatic heterocycles. The molecule has 0 unspecified atom stereocenters. The number of aromatic nitrogens is 2. The molecule has 23 heavy (non-hydrogen) atoms. The molecular weight excluding hydrogens is 306 g/mol. The molecule has 1 saturated heterocycles. The third-order valence-corrected chi connectivity index (χ3v) is 4.55. The Kier molecular flexibility index (Phi) is 4.42. The van der Waals surface area contributed by atoms with Gasteiger partial charge in [0.25, 0.3) is 0 Å². The molecule has 1 aromatic carbocycles. The van der Waals surface area contributed by atoms with Crippen molar-refractivity contribution in [3.05, 3.63) is 46.4 Å². The normalized spacial score (nSPS) is 15.4. The summed E-state index contributed by atoms with van der Waals surface area (Å²) in [4.78, 5) is 9.15. The lowest BCUT2D eigenvalue weighted by Crippen LogP contribution is -2.45. The van der Waals surface area contributed by atoms with Gasteiger partial charge in [-0.1, -0.05) is 30.4 Å². The van der Waals surface area contributed by atoms with Crippen molar-refractivity contribution in [3.8, 4) is 11.8 Å². The number of benzene rings is 1. The molecule has 1 fully saturated rings. The van der Waals surface area contributed by atoms with Crippen molar-refractivity contribution in [1.29, 1.82) is 5.26 Å². The number of likely N-dealkylation sites (N-methyl/N-ethyl adjacent to an activating group) is 1. The highest BCUT2D eigenvalue weighted by Crippen LogP contribution is 2.23. The van der Waals surface area contributed by atoms with Crippen LogP contribution in [0.2, 0.25) is 0 Å². The second kappa shape index (κ2) is 6.49. The molecule has 0 radical (unpaired) electrons. The van der Waals surface area contributed by atoms with Crippen LogP contribution >= 0.6 is 12.2 Å². The summed E-state index contributed by atoms with van der Waals surface area (Å²) in [6, 6.07) is 12.1. The van der Waals surface area contributed by atoms with Crippen LogP contribution in [-0.2, 0) is 0 Å². The molecule has 0 atom stereocenters. The third kappa shape index (κ3) is 2.98. The number of nitrogens with zero attached hydrogens (tertiary/aromatic N) is 5. The van der Waals surface area contributed by atoms with Gasteiger partial charge in [-0.05, 0) is 26.1 Å². The largest absolute Gasteiger partial charge is 0.353 e. The van der Waals surface area contributed by atoms with Gasteiger partial charge in [-0.15, -0.1) is 0 Å². The average Bonchev–Trinajstić information content (AvgIpc) is 2.56. The Morgan fingerprint density at radius 1 is 1.13 bits per heavy atom. The Morgan fingerprint density at radius 3 is 2.39 bits per heavy atom. The van der Waals surface area contributed by atoms with E-state index in [2.05, 4.69) is 22.9 Å². The zero-order valence-electron chi connectivity index (χ0n) is 13.4. The molecule has 0 N–H and O–H groups in total. The fourth-order valence-electron chi connectivity index (χ4n) is 2.84. The maximum atomic E-state index is 9.64. The van der Waals surface area contributed by atoms with Gasteiger partial charge in [0.05, 0.1) is 0 Å². The van der Waals surface area contributed by atoms with Crippen molar-refractivity contribution < 1.29 is 0 Å². The lowest BCUT2D eigenvalue weighted by atomic mass is 10.2. The predicted molar refractivity (Wildman–Crippen MR) is 93.6 cm³/mol. The van der Waals surface area contributed by atoms with Crippen LogP contribution in [-0.4, -0.2) is 47.7 Å². The van der Waals surface area contributed by atoms with E-state index in [1.807, 2.05) is 41.8 Å². The molecule has 3 rings (SSSR count). The van der Waals surface area contributed by atoms with Crippen LogP contribution < -0.4 is 4.90 Å². The summed E-state index contributed by atoms with van der Waals surface area (Å²) < 4.78 is 2.40. The first-order valence-electron chi connectivity index (χ1n) is 7.64. The van der Waals surface area contributed by atoms with Gasteiger partial charge in [0.15, 0.2) is 5.82 Å². The number of piperazine rings is 1. The van der Waals surface area contributed by atoms with Gasteiger partial charge >= 0.3 is 0 Å². The quantitative estimate of drug-likeness (QED) is 0.794. The molecule has 1 aliphatic rings. The number of hydrogen-bond donors (Lipinski definition) is 0. The van der Waals surface area contributed by atoms with Crippen LogP contribution in [0.5, 0.6) is 0 Å². The number of para-hydroxylation sites is 1. The van der Waals surface area contributed by atoms with Crippen molar-refractivity contribution in [2.24, 2.45) is 0 Å². The second-order valence-corrected chi connectivity index (χ2v) is 6.12. The van der Waals surface area contributed by atoms with Gasteiger partial charge in [-0.2, -0.15) is 5.26 Å². The van der Waals surface area contributed by atoms with Gasteiger partial charge in [0.1, 0.15) is 22.1 Å². The summed E-state index contributed by atoms with van der Waals surface area (Å²) in [5, 5.41) is 9.64. The predicted octanol–water partition coefficient (Wildman–Crippen LogP) is 2.53. The molecule has 0 aliphatic carbocycles. The molecule has 2 heterocycles. The van der Waals surface area contributed by atoms with Crippen LogP contribution in [0.15, 0.2) is 30.3 Å². The van der Waals surface area contributed by atoms with Crippen LogP contribution in [0.3, 0.4) is 0 Å². The molecular formula is C17H19N5S. The maximum Gasteiger partial charge on any atom is 0.151 e. The van der Waals surface area contributed by atoms with E-state index >= 15 is 0 Å². The monoisotopic (exact) mass is 325 g/mol. The Bertz CT molecular complexity index is 798. The summed E-state index contributed by atoms with van der Waals surface area (Å²) in [6.45, 7) is 5.59. The molecule has 5 nitrogen and oxygen atoms in total. The van der Waals surface area contributed by atoms with Crippen LogP contribution in [0.4, 0.5) is 5.82 Å². The van der Waals surface area contributed by atoms with Crippen LogP contribution in [0.25, 0.3) is 5.69 Å². The lowest BCUT2D eigenvalue weighted by Gasteiger charge is -2.34. The van der Waals surface area contributed by atoms with Gasteiger partial charge < -0.3 is 9.80 Å². The van der Waals surface area contributed by atoms with E-state index in [9.17, 15) is 5.26 Å². The van der Waals surface area contributed by atoms with E-state index in [-0.39, 0.29) is 0 Å². The molecule has 0 saturated carbocycles. The topological polar surface area (TPSA) is 48.1 Å². The number of hydrogen-bond acceptors (Lipinski definition) is 5. The van der Waals surface area contributed by atoms with E-state index in [0.29, 0.717) is 10.2 Å². The van der Waals surface area contributed by atoms with E-state index in [1.165, 1.54) is 0 Å². The number of aryl methyl sites for hydroxylation is 1. The Balaban J connectivity index is 2.11. The van der Waals surface area contributed by atoms with Crippen LogP contribution in [0, 0.1) is 22.9 Å². The van der Waals surface area contributed by atoms with Gasteiger partial charge in [0.2, 0.25) is 0 Å². The lowest BCUT2D eigenvalue weighted by molar-refractivity contribution is 0.312. The molecule has 6 heteroatoms. The fourth-order valence-corrected chi connectivity index (χ4v) is 3.21. The van der Waals surface area contributed by atoms with Crippen molar-refractivity contribution in [2.75, 3.05) is 38.1 Å². The van der Waals surface area contributed by atoms with Crippen molar-refractivity contribution in [1.82, 2.24) is 14.5 Å². The van der Waals surface area contributed by atoms with E-state index in [0.717, 1.165) is 43.5 Å². The zero-order chi connectivity index (χ0) is 16.4. The number of rotatable bonds is 2. The molecule has 0 spiro atoms. The Labute approximate surface area is 141 Å². The van der Waals surface area contributed by atoms with E-state index in [1.54, 1.807) is 0 Å². The Morgan fingerprint density at radius 2 is 1.78 bits per heavy atom. The zero-order valence-corrected chi connectivity index (χ0v) is 14.2.